The molecule has 4 heteroatoms. The smallest absolute Gasteiger partial charge is 0.353 e. The fourth-order valence-electron chi connectivity index (χ4n) is 4.73. The van der Waals surface area contributed by atoms with Crippen LogP contribution in [0.1, 0.15) is 13.8 Å². The van der Waals surface area contributed by atoms with Crippen LogP contribution >= 0.6 is 0 Å². The fourth-order valence-corrected chi connectivity index (χ4v) is 4.73. The maximum absolute atomic E-state index is 4.65. The average molecular weight is 751 g/mol. The molecule has 44 heavy (non-hydrogen) atoms. The van der Waals surface area contributed by atoms with E-state index < -0.39 is 0 Å². The van der Waals surface area contributed by atoms with E-state index in [1.807, 2.05) is 56.5 Å². The number of anilines is 2. The first-order valence-electron chi connectivity index (χ1n) is 14.2. The minimum Gasteiger partial charge on any atom is -0.353 e. The molecule has 0 saturated carbocycles. The third-order valence-electron chi connectivity index (χ3n) is 6.97. The summed E-state index contributed by atoms with van der Waals surface area (Å²) in [5, 5.41) is 0. The molecule has 0 aliphatic rings. The molecule has 1 heterocycles. The Labute approximate surface area is 275 Å². The van der Waals surface area contributed by atoms with Crippen molar-refractivity contribution < 1.29 is 21.1 Å². The molecule has 0 aliphatic carbocycles. The molecule has 0 unspecified atom stereocenters. The Morgan fingerprint density at radius 1 is 0.818 bits per heavy atom. The molecular formula is C40H33N3Pt. The zero-order valence-corrected chi connectivity index (χ0v) is 27.1. The van der Waals surface area contributed by atoms with Gasteiger partial charge in [0.25, 0.3) is 0 Å². The van der Waals surface area contributed by atoms with Crippen molar-refractivity contribution in [3.8, 4) is 33.5 Å². The predicted octanol–water partition coefficient (Wildman–Crippen LogP) is 10.4. The van der Waals surface area contributed by atoms with E-state index in [-0.39, 0.29) is 21.1 Å². The van der Waals surface area contributed by atoms with Crippen LogP contribution in [-0.4, -0.2) is 11.2 Å². The molecule has 0 amide bonds. The molecule has 1 aromatic heterocycles. The van der Waals surface area contributed by atoms with Crippen molar-refractivity contribution in [1.29, 1.82) is 0 Å². The van der Waals surface area contributed by atoms with Gasteiger partial charge in [0.1, 0.15) is 0 Å². The average Bonchev–Trinajstić information content (AvgIpc) is 3.08. The molecule has 0 radical (unpaired) electrons. The Hall–Kier alpha value is -4.85. The summed E-state index contributed by atoms with van der Waals surface area (Å²) < 4.78 is 0. The summed E-state index contributed by atoms with van der Waals surface area (Å²) in [5.41, 5.74) is 10.4. The molecule has 0 spiro atoms. The number of hydrogen-bond acceptors (Lipinski definition) is 3. The standard InChI is InChI=1S/C40H33N3.Pt/c1-5-24-41-31(4)30(3)26-37(6-2)43(38-22-20-34(21-23-38)32-15-9-7-10-16-32)39-28-35(33-17-11-8-12-18-33)27-36(29-39)40-19-13-14-25-42-40;/h5-25,27-28H,1,4H2,2-3H3;/q-2;+2/b37-6+,41-24?;. The Kier molecular flexibility index (Phi) is 11.3. The Morgan fingerprint density at radius 3 is 2.02 bits per heavy atom. The van der Waals surface area contributed by atoms with Gasteiger partial charge in [-0.25, -0.2) is 0 Å². The summed E-state index contributed by atoms with van der Waals surface area (Å²) in [6, 6.07) is 43.2. The third kappa shape index (κ3) is 7.75. The molecule has 5 rings (SSSR count). The van der Waals surface area contributed by atoms with Crippen molar-refractivity contribution >= 4 is 17.6 Å². The van der Waals surface area contributed by atoms with Crippen molar-refractivity contribution in [3.05, 3.63) is 176 Å². The SMILES string of the molecule is C=CC=NC(=C)C(C)=[C-]/C(=C\C)N(c1[c-]c(-c2ccccn2)cc(-c2ccccc2)c1)c1ccc(-c2ccccc2)cc1.[Pt+2]. The van der Waals surface area contributed by atoms with E-state index in [2.05, 4.69) is 125 Å². The van der Waals surface area contributed by atoms with Crippen molar-refractivity contribution in [2.75, 3.05) is 4.90 Å². The molecule has 218 valence electrons. The number of aromatic nitrogens is 1. The number of benzene rings is 4. The first-order valence-corrected chi connectivity index (χ1v) is 14.2. The minimum atomic E-state index is 0. The number of pyridine rings is 1. The molecule has 3 nitrogen and oxygen atoms in total. The zero-order chi connectivity index (χ0) is 30.0. The quantitative estimate of drug-likeness (QED) is 0.0808. The second-order valence-electron chi connectivity index (χ2n) is 9.88. The van der Waals surface area contributed by atoms with Crippen LogP contribution in [-0.2, 0) is 21.1 Å². The second-order valence-corrected chi connectivity index (χ2v) is 9.88. The molecular weight excluding hydrogens is 718 g/mol. The van der Waals surface area contributed by atoms with Gasteiger partial charge in [0.15, 0.2) is 0 Å². The molecule has 0 saturated heterocycles. The Bertz CT molecular complexity index is 1730. The largest absolute Gasteiger partial charge is 2.00 e. The summed E-state index contributed by atoms with van der Waals surface area (Å²) in [7, 11) is 0. The van der Waals surface area contributed by atoms with Crippen LogP contribution in [0.5, 0.6) is 0 Å². The van der Waals surface area contributed by atoms with E-state index >= 15 is 0 Å². The van der Waals surface area contributed by atoms with Crippen molar-refractivity contribution in [1.82, 2.24) is 4.98 Å². The summed E-state index contributed by atoms with van der Waals surface area (Å²) in [4.78, 5) is 11.2. The van der Waals surface area contributed by atoms with E-state index in [1.54, 1.807) is 12.3 Å². The van der Waals surface area contributed by atoms with E-state index in [0.717, 1.165) is 50.6 Å². The summed E-state index contributed by atoms with van der Waals surface area (Å²) in [5.74, 6) is 0. The Morgan fingerprint density at radius 2 is 1.43 bits per heavy atom. The second kappa shape index (κ2) is 15.6. The van der Waals surface area contributed by atoms with Crippen LogP contribution in [0.3, 0.4) is 0 Å². The van der Waals surface area contributed by atoms with E-state index in [4.69, 9.17) is 0 Å². The fraction of sp³-hybridized carbons (Fsp3) is 0.0500. The maximum atomic E-state index is 4.65. The third-order valence-corrected chi connectivity index (χ3v) is 6.97. The van der Waals surface area contributed by atoms with E-state index in [1.165, 1.54) is 5.56 Å². The van der Waals surface area contributed by atoms with Crippen molar-refractivity contribution in [2.45, 2.75) is 13.8 Å². The summed E-state index contributed by atoms with van der Waals surface area (Å²) in [6.45, 7) is 11.8. The van der Waals surface area contributed by atoms with Gasteiger partial charge >= 0.3 is 21.1 Å². The van der Waals surface area contributed by atoms with Gasteiger partial charge in [-0.15, -0.1) is 35.9 Å². The number of rotatable bonds is 10. The first-order chi connectivity index (χ1) is 21.1. The predicted molar refractivity (Wildman–Crippen MR) is 182 cm³/mol. The number of allylic oxidation sites excluding steroid dienone is 4. The van der Waals surface area contributed by atoms with E-state index in [9.17, 15) is 0 Å². The van der Waals surface area contributed by atoms with Crippen LogP contribution in [0.15, 0.2) is 169 Å². The van der Waals surface area contributed by atoms with Crippen molar-refractivity contribution in [3.63, 3.8) is 0 Å². The first kappa shape index (κ1) is 32.1. The maximum Gasteiger partial charge on any atom is 2.00 e. The van der Waals surface area contributed by atoms with Gasteiger partial charge in [-0.1, -0.05) is 123 Å². The van der Waals surface area contributed by atoms with Gasteiger partial charge in [0.2, 0.25) is 0 Å². The molecule has 0 N–H and O–H groups in total. The number of aliphatic imine (C=N–C) groups is 1. The van der Waals surface area contributed by atoms with Crippen LogP contribution < -0.4 is 4.90 Å². The van der Waals surface area contributed by atoms with Gasteiger partial charge in [0, 0.05) is 18.1 Å². The molecule has 0 atom stereocenters. The summed E-state index contributed by atoms with van der Waals surface area (Å²) in [6.07, 6.45) is 10.7. The van der Waals surface area contributed by atoms with Crippen molar-refractivity contribution in [2.24, 2.45) is 4.99 Å². The Balaban J connectivity index is 0.00000442. The normalized spacial score (nSPS) is 11.6. The minimum absolute atomic E-state index is 0. The van der Waals surface area contributed by atoms with Crippen LogP contribution in [0.4, 0.5) is 11.4 Å². The van der Waals surface area contributed by atoms with Gasteiger partial charge in [-0.05, 0) is 52.0 Å². The van der Waals surface area contributed by atoms with Crippen LogP contribution in [0, 0.1) is 12.1 Å². The number of hydrogen-bond donors (Lipinski definition) is 0. The van der Waals surface area contributed by atoms with Gasteiger partial charge in [-0.2, -0.15) is 12.2 Å². The molecule has 4 aromatic carbocycles. The molecule has 5 aromatic rings. The molecule has 0 fully saturated rings. The number of nitrogens with zero attached hydrogens (tertiary/aromatic N) is 3. The molecule has 0 aliphatic heterocycles. The van der Waals surface area contributed by atoms with E-state index in [0.29, 0.717) is 5.70 Å². The zero-order valence-electron chi connectivity index (χ0n) is 24.9. The van der Waals surface area contributed by atoms with Crippen LogP contribution in [0.25, 0.3) is 33.5 Å². The summed E-state index contributed by atoms with van der Waals surface area (Å²) >= 11 is 0. The van der Waals surface area contributed by atoms with Gasteiger partial charge < -0.3 is 14.9 Å². The topological polar surface area (TPSA) is 28.5 Å². The van der Waals surface area contributed by atoms with Crippen LogP contribution in [0.2, 0.25) is 0 Å². The monoisotopic (exact) mass is 750 g/mol. The molecule has 0 bridgehead atoms. The van der Waals surface area contributed by atoms with Gasteiger partial charge in [-0.3, -0.25) is 0 Å². The van der Waals surface area contributed by atoms with Gasteiger partial charge in [0.05, 0.1) is 0 Å².